The fourth-order valence-corrected chi connectivity index (χ4v) is 4.14. The number of aromatic nitrogens is 5. The van der Waals surface area contributed by atoms with Gasteiger partial charge in [-0.3, -0.25) is 9.47 Å². The van der Waals surface area contributed by atoms with Crippen LogP contribution in [0, 0.1) is 5.92 Å². The monoisotopic (exact) mass is 358 g/mol. The lowest BCUT2D eigenvalue weighted by Crippen LogP contribution is -2.34. The fraction of sp³-hybridized carbons (Fsp3) is 0.529. The van der Waals surface area contributed by atoms with Gasteiger partial charge < -0.3 is 0 Å². The van der Waals surface area contributed by atoms with Gasteiger partial charge in [0.25, 0.3) is 0 Å². The first-order valence-electron chi connectivity index (χ1n) is 8.80. The van der Waals surface area contributed by atoms with E-state index in [0.29, 0.717) is 12.5 Å². The van der Waals surface area contributed by atoms with Gasteiger partial charge in [0.1, 0.15) is 16.9 Å². The van der Waals surface area contributed by atoms with Crippen molar-refractivity contribution in [2.45, 2.75) is 39.3 Å². The van der Waals surface area contributed by atoms with Gasteiger partial charge in [-0.15, -0.1) is 0 Å². The quantitative estimate of drug-likeness (QED) is 0.755. The van der Waals surface area contributed by atoms with E-state index in [1.807, 2.05) is 6.92 Å². The number of hydrogen-bond acceptors (Lipinski definition) is 6. The Kier molecular flexibility index (Phi) is 4.63. The zero-order chi connectivity index (χ0) is 17.2. The fourth-order valence-electron chi connectivity index (χ4n) is 3.62. The van der Waals surface area contributed by atoms with Crippen molar-refractivity contribution in [1.29, 1.82) is 0 Å². The number of piperidine rings is 1. The first-order chi connectivity index (χ1) is 12.2. The van der Waals surface area contributed by atoms with Crippen LogP contribution in [0.25, 0.3) is 11.0 Å². The second-order valence-corrected chi connectivity index (χ2v) is 7.23. The zero-order valence-electron chi connectivity index (χ0n) is 14.3. The van der Waals surface area contributed by atoms with Crippen LogP contribution in [0.15, 0.2) is 23.0 Å². The van der Waals surface area contributed by atoms with Crippen molar-refractivity contribution < 1.29 is 0 Å². The number of nitrogens with one attached hydrogen (secondary N) is 1. The van der Waals surface area contributed by atoms with Crippen molar-refractivity contribution >= 4 is 22.8 Å². The predicted octanol–water partition coefficient (Wildman–Crippen LogP) is 2.05. The molecule has 25 heavy (non-hydrogen) atoms. The highest BCUT2D eigenvalue weighted by Crippen LogP contribution is 2.23. The second kappa shape index (κ2) is 7.05. The average molecular weight is 358 g/mol. The van der Waals surface area contributed by atoms with E-state index in [9.17, 15) is 4.79 Å². The lowest BCUT2D eigenvalue weighted by atomic mass is 9.93. The molecule has 1 fully saturated rings. The zero-order valence-corrected chi connectivity index (χ0v) is 15.1. The Bertz CT molecular complexity index is 905. The Labute approximate surface area is 150 Å². The number of H-pyrrole nitrogens is 1. The first kappa shape index (κ1) is 16.4. The Morgan fingerprint density at radius 2 is 2.04 bits per heavy atom. The van der Waals surface area contributed by atoms with Crippen LogP contribution >= 0.6 is 11.7 Å². The van der Waals surface area contributed by atoms with E-state index < -0.39 is 0 Å². The number of aromatic amines is 1. The Morgan fingerprint density at radius 3 is 2.84 bits per heavy atom. The highest BCUT2D eigenvalue weighted by Gasteiger charge is 2.22. The van der Waals surface area contributed by atoms with E-state index in [0.717, 1.165) is 55.8 Å². The number of fused-ring (bicyclic) bond motifs is 1. The van der Waals surface area contributed by atoms with E-state index in [1.165, 1.54) is 17.3 Å². The standard InChI is InChI=1S/C17H22N6OS/c1-2-23-16(18-19-17(23)24)10-12-5-7-22(8-6-12)11-13-3-4-14-15(9-13)21-25-20-14/h3-4,9,12H,2,5-8,10-11H2,1H3,(H,19,24). The van der Waals surface area contributed by atoms with Crippen molar-refractivity contribution in [3.8, 4) is 0 Å². The van der Waals surface area contributed by atoms with Gasteiger partial charge in [0, 0.05) is 19.5 Å². The molecule has 1 aliphatic heterocycles. The third kappa shape index (κ3) is 3.50. The summed E-state index contributed by atoms with van der Waals surface area (Å²) in [7, 11) is 0. The molecule has 8 heteroatoms. The summed E-state index contributed by atoms with van der Waals surface area (Å²) in [5.41, 5.74) is 3.18. The number of rotatable bonds is 5. The van der Waals surface area contributed by atoms with Crippen molar-refractivity contribution in [2.24, 2.45) is 5.92 Å². The summed E-state index contributed by atoms with van der Waals surface area (Å²) >= 11 is 1.27. The SMILES string of the molecule is CCn1c(CC2CCN(Cc3ccc4nsnc4c3)CC2)n[nH]c1=O. The number of likely N-dealkylation sites (tertiary alicyclic amines) is 1. The van der Waals surface area contributed by atoms with Crippen LogP contribution in [-0.2, 0) is 19.5 Å². The molecule has 0 bridgehead atoms. The minimum absolute atomic E-state index is 0.0955. The first-order valence-corrected chi connectivity index (χ1v) is 9.53. The number of benzene rings is 1. The summed E-state index contributed by atoms with van der Waals surface area (Å²) in [5.74, 6) is 1.49. The van der Waals surface area contributed by atoms with E-state index in [4.69, 9.17) is 0 Å². The molecule has 1 aromatic carbocycles. The average Bonchev–Trinajstić information content (AvgIpc) is 3.22. The molecule has 0 amide bonds. The molecule has 4 rings (SSSR count). The highest BCUT2D eigenvalue weighted by molar-refractivity contribution is 7.00. The van der Waals surface area contributed by atoms with Crippen LogP contribution < -0.4 is 5.69 Å². The van der Waals surface area contributed by atoms with Crippen LogP contribution in [0.3, 0.4) is 0 Å². The molecule has 0 atom stereocenters. The van der Waals surface area contributed by atoms with Crippen molar-refractivity contribution in [3.63, 3.8) is 0 Å². The smallest absolute Gasteiger partial charge is 0.299 e. The molecule has 0 saturated carbocycles. The van der Waals surface area contributed by atoms with Gasteiger partial charge in [-0.1, -0.05) is 6.07 Å². The van der Waals surface area contributed by atoms with Gasteiger partial charge in [-0.05, 0) is 56.5 Å². The van der Waals surface area contributed by atoms with Crippen LogP contribution in [0.1, 0.15) is 31.2 Å². The van der Waals surface area contributed by atoms with E-state index in [1.54, 1.807) is 4.57 Å². The Balaban J connectivity index is 1.34. The molecule has 0 radical (unpaired) electrons. The molecule has 1 aliphatic rings. The molecule has 1 saturated heterocycles. The summed E-state index contributed by atoms with van der Waals surface area (Å²) in [6.07, 6.45) is 3.17. The molecular formula is C17H22N6OS. The molecule has 1 N–H and O–H groups in total. The molecule has 3 aromatic rings. The van der Waals surface area contributed by atoms with Gasteiger partial charge in [0.15, 0.2) is 0 Å². The molecule has 7 nitrogen and oxygen atoms in total. The molecule has 2 aromatic heterocycles. The predicted molar refractivity (Wildman–Crippen MR) is 97.6 cm³/mol. The van der Waals surface area contributed by atoms with Gasteiger partial charge in [-0.2, -0.15) is 13.8 Å². The molecular weight excluding hydrogens is 336 g/mol. The van der Waals surface area contributed by atoms with Crippen LogP contribution in [-0.4, -0.2) is 41.5 Å². The molecule has 0 aliphatic carbocycles. The van der Waals surface area contributed by atoms with Crippen LogP contribution in [0.2, 0.25) is 0 Å². The summed E-state index contributed by atoms with van der Waals surface area (Å²) in [6.45, 7) is 5.79. The maximum absolute atomic E-state index is 11.7. The normalized spacial score (nSPS) is 16.7. The van der Waals surface area contributed by atoms with E-state index in [-0.39, 0.29) is 5.69 Å². The van der Waals surface area contributed by atoms with E-state index >= 15 is 0 Å². The lowest BCUT2D eigenvalue weighted by Gasteiger charge is -2.31. The maximum atomic E-state index is 11.7. The van der Waals surface area contributed by atoms with Gasteiger partial charge in [0.05, 0.1) is 11.7 Å². The van der Waals surface area contributed by atoms with Crippen molar-refractivity contribution in [3.05, 3.63) is 40.1 Å². The summed E-state index contributed by atoms with van der Waals surface area (Å²) < 4.78 is 10.3. The third-order valence-electron chi connectivity index (χ3n) is 5.06. The van der Waals surface area contributed by atoms with Crippen LogP contribution in [0.4, 0.5) is 0 Å². The molecule has 0 spiro atoms. The van der Waals surface area contributed by atoms with Gasteiger partial charge in [-0.25, -0.2) is 9.89 Å². The molecule has 3 heterocycles. The topological polar surface area (TPSA) is 79.7 Å². The van der Waals surface area contributed by atoms with Crippen LogP contribution in [0.5, 0.6) is 0 Å². The van der Waals surface area contributed by atoms with Gasteiger partial charge >= 0.3 is 5.69 Å². The molecule has 0 unspecified atom stereocenters. The Hall–Kier alpha value is -2.06. The summed E-state index contributed by atoms with van der Waals surface area (Å²) in [6, 6.07) is 6.36. The third-order valence-corrected chi connectivity index (χ3v) is 5.61. The largest absolute Gasteiger partial charge is 0.343 e. The number of nitrogens with zero attached hydrogens (tertiary/aromatic N) is 5. The highest BCUT2D eigenvalue weighted by atomic mass is 32.1. The second-order valence-electron chi connectivity index (χ2n) is 6.70. The molecule has 132 valence electrons. The Morgan fingerprint density at radius 1 is 1.24 bits per heavy atom. The minimum atomic E-state index is -0.0955. The van der Waals surface area contributed by atoms with Crippen molar-refractivity contribution in [2.75, 3.05) is 13.1 Å². The summed E-state index contributed by atoms with van der Waals surface area (Å²) in [4.78, 5) is 14.2. The van der Waals surface area contributed by atoms with Crippen molar-refractivity contribution in [1.82, 2.24) is 28.4 Å². The maximum Gasteiger partial charge on any atom is 0.343 e. The number of hydrogen-bond donors (Lipinski definition) is 1. The lowest BCUT2D eigenvalue weighted by molar-refractivity contribution is 0.175. The van der Waals surface area contributed by atoms with Gasteiger partial charge in [0.2, 0.25) is 0 Å². The van der Waals surface area contributed by atoms with E-state index in [2.05, 4.69) is 42.0 Å². The minimum Gasteiger partial charge on any atom is -0.299 e. The summed E-state index contributed by atoms with van der Waals surface area (Å²) in [5, 5.41) is 6.76.